The molecule has 0 aliphatic heterocycles. The zero-order valence-corrected chi connectivity index (χ0v) is 16.5. The minimum absolute atomic E-state index is 0.737. The molecule has 0 aliphatic rings. The average molecular weight is 316 g/mol. The van der Waals surface area contributed by atoms with Crippen molar-refractivity contribution in [3.05, 3.63) is 42.1 Å². The van der Waals surface area contributed by atoms with Gasteiger partial charge in [-0.3, -0.25) is 0 Å². The van der Waals surface area contributed by atoms with Crippen molar-refractivity contribution < 1.29 is 0 Å². The standard InChI is InChI=1S/C15H23N2.2C2H5.Al/c1-5-13(3)12-14(6-2)16-17(4)15-10-8-7-9-11-15;2*1-2;/h6-11,13H,5,12H2,1-4H3;2*1H2,2H3;/q-1;;;+1/b14-6+;;;. The highest BCUT2D eigenvalue weighted by Gasteiger charge is 2.29. The summed E-state index contributed by atoms with van der Waals surface area (Å²) in [4.78, 5) is 0. The van der Waals surface area contributed by atoms with Crippen LogP contribution in [0.25, 0.3) is 0 Å². The van der Waals surface area contributed by atoms with Crippen LogP contribution in [0.4, 0.5) is 5.69 Å². The Labute approximate surface area is 142 Å². The van der Waals surface area contributed by atoms with Crippen molar-refractivity contribution >= 4 is 20.1 Å². The summed E-state index contributed by atoms with van der Waals surface area (Å²) in [5.41, 5.74) is 2.78. The van der Waals surface area contributed by atoms with Gasteiger partial charge < -0.3 is 9.00 Å². The normalized spacial score (nSPS) is 12.9. The van der Waals surface area contributed by atoms with Gasteiger partial charge in [-0.2, -0.15) is 0 Å². The van der Waals surface area contributed by atoms with Gasteiger partial charge in [-0.15, -0.1) is 0 Å². The van der Waals surface area contributed by atoms with E-state index in [-0.39, 0.29) is 0 Å². The first-order valence-electron chi connectivity index (χ1n) is 8.81. The molecule has 1 rings (SSSR count). The minimum atomic E-state index is -0.989. The van der Waals surface area contributed by atoms with Gasteiger partial charge in [0.1, 0.15) is 0 Å². The van der Waals surface area contributed by atoms with Crippen molar-refractivity contribution in [1.82, 2.24) is 3.99 Å². The number of nitrogens with zero attached hydrogens (tertiary/aromatic N) is 2. The Bertz CT molecular complexity index is 440. The lowest BCUT2D eigenvalue weighted by molar-refractivity contribution is 0.437. The summed E-state index contributed by atoms with van der Waals surface area (Å²) in [6.07, 6.45) is 4.75. The first-order valence-corrected chi connectivity index (χ1v) is 11.0. The Hall–Kier alpha value is -0.908. The highest BCUT2D eigenvalue weighted by atomic mass is 27.2. The summed E-state index contributed by atoms with van der Waals surface area (Å²) >= 11 is -0.989. The fraction of sp³-hybridized carbons (Fsp3) is 0.579. The molecule has 0 saturated heterocycles. The number of para-hydroxylation sites is 1. The second kappa shape index (κ2) is 9.98. The quantitative estimate of drug-likeness (QED) is 0.425. The van der Waals surface area contributed by atoms with Crippen LogP contribution in [0, 0.1) is 5.92 Å². The molecule has 0 aromatic heterocycles. The van der Waals surface area contributed by atoms with E-state index in [9.17, 15) is 0 Å². The van der Waals surface area contributed by atoms with Crippen LogP contribution in [0.1, 0.15) is 47.5 Å². The summed E-state index contributed by atoms with van der Waals surface area (Å²) in [7, 11) is 2.22. The van der Waals surface area contributed by atoms with E-state index < -0.39 is 14.4 Å². The van der Waals surface area contributed by atoms with Crippen molar-refractivity contribution in [3.63, 3.8) is 0 Å². The Kier molecular flexibility index (Phi) is 8.68. The molecule has 0 bridgehead atoms. The molecule has 3 heteroatoms. The lowest BCUT2D eigenvalue weighted by Gasteiger charge is -2.42. The second-order valence-corrected chi connectivity index (χ2v) is 9.60. The van der Waals surface area contributed by atoms with Gasteiger partial charge in [0.05, 0.1) is 5.69 Å². The van der Waals surface area contributed by atoms with Crippen LogP contribution in [0.3, 0.4) is 0 Å². The molecule has 0 fully saturated rings. The lowest BCUT2D eigenvalue weighted by atomic mass is 10.0. The molecular formula is C19H33AlN2. The topological polar surface area (TPSA) is 6.48 Å². The molecule has 1 atom stereocenters. The van der Waals surface area contributed by atoms with Crippen LogP contribution < -0.4 is 5.01 Å². The first kappa shape index (κ1) is 19.1. The average Bonchev–Trinajstić information content (AvgIpc) is 2.57. The molecule has 2 nitrogen and oxygen atoms in total. The maximum Gasteiger partial charge on any atom is 0.439 e. The van der Waals surface area contributed by atoms with Crippen LogP contribution in [0.2, 0.25) is 10.6 Å². The summed E-state index contributed by atoms with van der Waals surface area (Å²) in [6.45, 7) is 11.5. The maximum atomic E-state index is 2.65. The Balaban J connectivity index is 3.11. The number of benzene rings is 1. The van der Waals surface area contributed by atoms with Gasteiger partial charge in [0.2, 0.25) is 0 Å². The third kappa shape index (κ3) is 5.07. The van der Waals surface area contributed by atoms with E-state index in [0.717, 1.165) is 5.92 Å². The molecule has 0 N–H and O–H groups in total. The molecular weight excluding hydrogens is 283 g/mol. The fourth-order valence-electron chi connectivity index (χ4n) is 2.92. The van der Waals surface area contributed by atoms with Gasteiger partial charge in [0, 0.05) is 12.7 Å². The summed E-state index contributed by atoms with van der Waals surface area (Å²) in [6, 6.07) is 10.8. The SMILES string of the molecule is C/C=C(\CC(C)CC)[N](N(C)c1ccccc1)[Al]([CH2]C)[CH2]C. The molecule has 0 saturated carbocycles. The zero-order chi connectivity index (χ0) is 16.5. The van der Waals surface area contributed by atoms with Crippen molar-refractivity contribution in [3.8, 4) is 0 Å². The predicted molar refractivity (Wildman–Crippen MR) is 101 cm³/mol. The highest BCUT2D eigenvalue weighted by Crippen LogP contribution is 2.26. The molecule has 122 valence electrons. The molecule has 0 radical (unpaired) electrons. The van der Waals surface area contributed by atoms with E-state index in [1.54, 1.807) is 0 Å². The van der Waals surface area contributed by atoms with E-state index in [1.807, 2.05) is 0 Å². The largest absolute Gasteiger partial charge is 0.439 e. The molecule has 0 aliphatic carbocycles. The van der Waals surface area contributed by atoms with E-state index in [2.05, 4.69) is 87.1 Å². The third-order valence-electron chi connectivity index (χ3n) is 4.62. The van der Waals surface area contributed by atoms with Gasteiger partial charge >= 0.3 is 14.4 Å². The molecule has 0 amide bonds. The summed E-state index contributed by atoms with van der Waals surface area (Å²) in [5.74, 6) is 0.737. The fourth-order valence-corrected chi connectivity index (χ4v) is 5.54. The zero-order valence-electron chi connectivity index (χ0n) is 15.3. The number of allylic oxidation sites excluding steroid dienone is 2. The smallest absolute Gasteiger partial charge is 0.381 e. The monoisotopic (exact) mass is 316 g/mol. The molecule has 1 unspecified atom stereocenters. The number of hydrogen-bond acceptors (Lipinski definition) is 2. The van der Waals surface area contributed by atoms with Gasteiger partial charge in [0.25, 0.3) is 0 Å². The number of rotatable bonds is 9. The van der Waals surface area contributed by atoms with Gasteiger partial charge in [-0.1, -0.05) is 69.0 Å². The van der Waals surface area contributed by atoms with E-state index in [0.29, 0.717) is 0 Å². The molecule has 0 spiro atoms. The number of hydrazine groups is 1. The van der Waals surface area contributed by atoms with Crippen LogP contribution in [-0.4, -0.2) is 25.4 Å². The van der Waals surface area contributed by atoms with Crippen molar-refractivity contribution in [2.24, 2.45) is 5.92 Å². The second-order valence-electron chi connectivity index (χ2n) is 6.17. The number of anilines is 1. The predicted octanol–water partition coefficient (Wildman–Crippen LogP) is 5.71. The summed E-state index contributed by atoms with van der Waals surface area (Å²) in [5, 5.41) is 4.98. The van der Waals surface area contributed by atoms with Gasteiger partial charge in [-0.25, -0.2) is 0 Å². The van der Waals surface area contributed by atoms with Crippen molar-refractivity contribution in [2.45, 2.75) is 58.0 Å². The lowest BCUT2D eigenvalue weighted by Crippen LogP contribution is -2.49. The first-order chi connectivity index (χ1) is 10.6. The van der Waals surface area contributed by atoms with E-state index in [1.165, 1.54) is 34.8 Å². The molecule has 1 aromatic rings. The molecule has 1 aromatic carbocycles. The maximum absolute atomic E-state index is 2.65. The van der Waals surface area contributed by atoms with Crippen LogP contribution in [-0.2, 0) is 0 Å². The van der Waals surface area contributed by atoms with E-state index in [4.69, 9.17) is 0 Å². The van der Waals surface area contributed by atoms with Crippen LogP contribution >= 0.6 is 0 Å². The molecule has 22 heavy (non-hydrogen) atoms. The van der Waals surface area contributed by atoms with Crippen molar-refractivity contribution in [2.75, 3.05) is 12.1 Å². The van der Waals surface area contributed by atoms with Crippen LogP contribution in [0.5, 0.6) is 0 Å². The Morgan fingerprint density at radius 2 is 1.73 bits per heavy atom. The third-order valence-corrected chi connectivity index (χ3v) is 7.88. The Morgan fingerprint density at radius 3 is 2.18 bits per heavy atom. The minimum Gasteiger partial charge on any atom is -0.381 e. The van der Waals surface area contributed by atoms with E-state index >= 15 is 0 Å². The van der Waals surface area contributed by atoms with Gasteiger partial charge in [-0.05, 0) is 31.4 Å². The number of hydrogen-bond donors (Lipinski definition) is 0. The van der Waals surface area contributed by atoms with Crippen molar-refractivity contribution in [1.29, 1.82) is 0 Å². The summed E-state index contributed by atoms with van der Waals surface area (Å²) < 4.78 is 2.65. The highest BCUT2D eigenvalue weighted by molar-refractivity contribution is 6.56. The van der Waals surface area contributed by atoms with Crippen LogP contribution in [0.15, 0.2) is 42.1 Å². The van der Waals surface area contributed by atoms with Gasteiger partial charge in [0.15, 0.2) is 0 Å². The molecule has 0 heterocycles. The Morgan fingerprint density at radius 1 is 1.14 bits per heavy atom.